The van der Waals surface area contributed by atoms with Gasteiger partial charge in [0.25, 0.3) is 0 Å². The zero-order chi connectivity index (χ0) is 16.0. The molecule has 23 heavy (non-hydrogen) atoms. The van der Waals surface area contributed by atoms with Gasteiger partial charge in [0.05, 0.1) is 12.2 Å². The van der Waals surface area contributed by atoms with Gasteiger partial charge in [-0.05, 0) is 34.9 Å². The average Bonchev–Trinajstić information content (AvgIpc) is 2.98. The van der Waals surface area contributed by atoms with Crippen LogP contribution in [0.15, 0.2) is 47.6 Å². The number of benzene rings is 2. The van der Waals surface area contributed by atoms with Gasteiger partial charge in [0.2, 0.25) is 11.8 Å². The first kappa shape index (κ1) is 13.8. The highest BCUT2D eigenvalue weighted by molar-refractivity contribution is 6.10. The summed E-state index contributed by atoms with van der Waals surface area (Å²) in [6.07, 6.45) is 4.32. The minimum Gasteiger partial charge on any atom is -0.464 e. The normalized spacial score (nSPS) is 18.3. The lowest BCUT2D eigenvalue weighted by Crippen LogP contribution is -2.39. The molecule has 1 N–H and O–H groups in total. The highest BCUT2D eigenvalue weighted by Crippen LogP contribution is 2.37. The number of imide groups is 1. The first-order valence-electron chi connectivity index (χ1n) is 7.57. The summed E-state index contributed by atoms with van der Waals surface area (Å²) in [6, 6.07) is 10.0. The quantitative estimate of drug-likeness (QED) is 0.734. The fourth-order valence-corrected chi connectivity index (χ4v) is 3.28. The molecular weight excluding hydrogens is 290 g/mol. The van der Waals surface area contributed by atoms with Gasteiger partial charge in [-0.2, -0.15) is 0 Å². The Morgan fingerprint density at radius 3 is 2.87 bits per heavy atom. The molecule has 3 aromatic rings. The van der Waals surface area contributed by atoms with Crippen LogP contribution in [0.2, 0.25) is 0 Å². The Morgan fingerprint density at radius 2 is 2.09 bits per heavy atom. The van der Waals surface area contributed by atoms with Gasteiger partial charge in [-0.15, -0.1) is 0 Å². The summed E-state index contributed by atoms with van der Waals surface area (Å²) < 4.78 is 5.66. The van der Waals surface area contributed by atoms with Crippen molar-refractivity contribution in [1.82, 2.24) is 5.32 Å². The minimum atomic E-state index is -0.348. The Bertz CT molecular complexity index is 967. The topological polar surface area (TPSA) is 59.3 Å². The molecule has 1 aliphatic heterocycles. The number of hydrogen-bond donors (Lipinski definition) is 1. The second-order valence-electron chi connectivity index (χ2n) is 5.82. The van der Waals surface area contributed by atoms with E-state index in [2.05, 4.69) is 18.0 Å². The first-order valence-corrected chi connectivity index (χ1v) is 7.57. The van der Waals surface area contributed by atoms with E-state index in [1.165, 1.54) is 0 Å². The number of fused-ring (bicyclic) bond motifs is 3. The summed E-state index contributed by atoms with van der Waals surface area (Å²) in [4.78, 5) is 23.6. The van der Waals surface area contributed by atoms with Crippen LogP contribution >= 0.6 is 0 Å². The van der Waals surface area contributed by atoms with Crippen LogP contribution in [0.4, 0.5) is 0 Å². The van der Waals surface area contributed by atoms with Crippen molar-refractivity contribution in [2.75, 3.05) is 0 Å². The SMILES string of the molecule is C=Cc1ccc2c(ccc3occ(C4CCC(=O)NC4=O)c32)c1. The van der Waals surface area contributed by atoms with E-state index in [9.17, 15) is 9.59 Å². The molecule has 114 valence electrons. The number of carbonyl (C=O) groups excluding carboxylic acids is 2. The predicted molar refractivity (Wildman–Crippen MR) is 88.9 cm³/mol. The van der Waals surface area contributed by atoms with Gasteiger partial charge in [0.15, 0.2) is 0 Å². The van der Waals surface area contributed by atoms with Crippen LogP contribution in [0.1, 0.15) is 29.9 Å². The largest absolute Gasteiger partial charge is 0.464 e. The van der Waals surface area contributed by atoms with Gasteiger partial charge in [-0.1, -0.05) is 30.9 Å². The average molecular weight is 305 g/mol. The van der Waals surface area contributed by atoms with Crippen LogP contribution in [-0.2, 0) is 9.59 Å². The van der Waals surface area contributed by atoms with Crippen LogP contribution in [0.5, 0.6) is 0 Å². The summed E-state index contributed by atoms with van der Waals surface area (Å²) in [6.45, 7) is 3.79. The van der Waals surface area contributed by atoms with Crippen LogP contribution < -0.4 is 5.32 Å². The Morgan fingerprint density at radius 1 is 1.22 bits per heavy atom. The third-order valence-electron chi connectivity index (χ3n) is 4.46. The first-order chi connectivity index (χ1) is 11.2. The molecule has 1 aliphatic rings. The van der Waals surface area contributed by atoms with E-state index in [-0.39, 0.29) is 17.7 Å². The second kappa shape index (κ2) is 5.09. The number of nitrogens with one attached hydrogen (secondary N) is 1. The Balaban J connectivity index is 1.94. The molecule has 1 unspecified atom stereocenters. The van der Waals surface area contributed by atoms with E-state index in [0.29, 0.717) is 12.8 Å². The zero-order valence-corrected chi connectivity index (χ0v) is 12.5. The smallest absolute Gasteiger partial charge is 0.234 e. The molecule has 0 spiro atoms. The molecule has 1 atom stereocenters. The summed E-state index contributed by atoms with van der Waals surface area (Å²) in [5.41, 5.74) is 2.65. The molecular formula is C19H15NO3. The Labute approximate surface area is 132 Å². The monoisotopic (exact) mass is 305 g/mol. The van der Waals surface area contributed by atoms with E-state index >= 15 is 0 Å². The van der Waals surface area contributed by atoms with Gasteiger partial charge in [0.1, 0.15) is 5.58 Å². The number of furan rings is 1. The molecule has 0 saturated carbocycles. The van der Waals surface area contributed by atoms with Crippen molar-refractivity contribution in [1.29, 1.82) is 0 Å². The van der Waals surface area contributed by atoms with Crippen LogP contribution in [0.3, 0.4) is 0 Å². The van der Waals surface area contributed by atoms with Crippen molar-refractivity contribution in [3.63, 3.8) is 0 Å². The van der Waals surface area contributed by atoms with E-state index in [4.69, 9.17) is 4.42 Å². The molecule has 1 saturated heterocycles. The Hall–Kier alpha value is -2.88. The molecule has 1 aromatic heterocycles. The maximum atomic E-state index is 12.2. The highest BCUT2D eigenvalue weighted by Gasteiger charge is 2.30. The lowest BCUT2D eigenvalue weighted by molar-refractivity contribution is -0.134. The van der Waals surface area contributed by atoms with Crippen molar-refractivity contribution in [2.24, 2.45) is 0 Å². The van der Waals surface area contributed by atoms with Gasteiger partial charge in [-0.3, -0.25) is 14.9 Å². The van der Waals surface area contributed by atoms with Crippen LogP contribution in [0.25, 0.3) is 27.8 Å². The van der Waals surface area contributed by atoms with E-state index < -0.39 is 0 Å². The molecule has 2 heterocycles. The maximum Gasteiger partial charge on any atom is 0.234 e. The second-order valence-corrected chi connectivity index (χ2v) is 5.82. The third kappa shape index (κ3) is 2.14. The van der Waals surface area contributed by atoms with Gasteiger partial charge >= 0.3 is 0 Å². The van der Waals surface area contributed by atoms with Gasteiger partial charge < -0.3 is 4.42 Å². The minimum absolute atomic E-state index is 0.209. The molecule has 0 radical (unpaired) electrons. The Kier molecular flexibility index (Phi) is 3.05. The fourth-order valence-electron chi connectivity index (χ4n) is 3.28. The molecule has 4 nitrogen and oxygen atoms in total. The third-order valence-corrected chi connectivity index (χ3v) is 4.46. The summed E-state index contributed by atoms with van der Waals surface area (Å²) >= 11 is 0. The lowest BCUT2D eigenvalue weighted by Gasteiger charge is -2.20. The molecule has 4 rings (SSSR count). The van der Waals surface area contributed by atoms with Crippen molar-refractivity contribution in [3.05, 3.63) is 54.3 Å². The zero-order valence-electron chi connectivity index (χ0n) is 12.5. The number of amides is 2. The van der Waals surface area contributed by atoms with Gasteiger partial charge in [0, 0.05) is 17.4 Å². The summed E-state index contributed by atoms with van der Waals surface area (Å²) in [5, 5.41) is 5.48. The molecule has 0 aliphatic carbocycles. The van der Waals surface area contributed by atoms with E-state index in [0.717, 1.165) is 32.9 Å². The number of piperidine rings is 1. The van der Waals surface area contributed by atoms with E-state index in [1.807, 2.05) is 24.3 Å². The van der Waals surface area contributed by atoms with Crippen molar-refractivity contribution in [2.45, 2.75) is 18.8 Å². The molecule has 4 heteroatoms. The predicted octanol–water partition coefficient (Wildman–Crippen LogP) is 3.75. The summed E-state index contributed by atoms with van der Waals surface area (Å²) in [5.74, 6) is -0.804. The standard InChI is InChI=1S/C19H15NO3/c1-2-11-3-5-13-12(9-11)4-7-16-18(13)15(10-23-16)14-6-8-17(21)20-19(14)22/h2-5,7,9-10,14H,1,6,8H2,(H,20,21,22). The number of rotatable bonds is 2. The molecule has 0 bridgehead atoms. The molecule has 1 fully saturated rings. The summed E-state index contributed by atoms with van der Waals surface area (Å²) in [7, 11) is 0. The fraction of sp³-hybridized carbons (Fsp3) is 0.158. The van der Waals surface area contributed by atoms with Crippen molar-refractivity contribution < 1.29 is 14.0 Å². The van der Waals surface area contributed by atoms with Gasteiger partial charge in [-0.25, -0.2) is 0 Å². The maximum absolute atomic E-state index is 12.2. The molecule has 2 amide bonds. The number of hydrogen-bond acceptors (Lipinski definition) is 3. The lowest BCUT2D eigenvalue weighted by atomic mass is 9.88. The van der Waals surface area contributed by atoms with E-state index in [1.54, 1.807) is 12.3 Å². The van der Waals surface area contributed by atoms with Crippen molar-refractivity contribution in [3.8, 4) is 0 Å². The van der Waals surface area contributed by atoms with Crippen molar-refractivity contribution >= 4 is 39.6 Å². The van der Waals surface area contributed by atoms with Crippen LogP contribution in [0, 0.1) is 0 Å². The highest BCUT2D eigenvalue weighted by atomic mass is 16.3. The molecule has 2 aromatic carbocycles. The number of carbonyl (C=O) groups is 2. The van der Waals surface area contributed by atoms with Crippen LogP contribution in [-0.4, -0.2) is 11.8 Å².